The highest BCUT2D eigenvalue weighted by Gasteiger charge is 2.25. The van der Waals surface area contributed by atoms with Crippen LogP contribution in [0.4, 0.5) is 0 Å². The molecule has 0 aromatic carbocycles. The van der Waals surface area contributed by atoms with Crippen LogP contribution in [0.1, 0.15) is 34.8 Å². The first kappa shape index (κ1) is 12.9. The topological polar surface area (TPSA) is 42.2 Å². The highest BCUT2D eigenvalue weighted by atomic mass is 32.1. The quantitative estimate of drug-likeness (QED) is 0.856. The number of nitrogens with zero attached hydrogens (tertiary/aromatic N) is 2. The average Bonchev–Trinajstić information content (AvgIpc) is 2.58. The Bertz CT molecular complexity index is 394. The van der Waals surface area contributed by atoms with Crippen LogP contribution in [0.25, 0.3) is 0 Å². The lowest BCUT2D eigenvalue weighted by atomic mass is 10.0. The summed E-state index contributed by atoms with van der Waals surface area (Å²) < 4.78 is 0. The molecule has 1 fully saturated rings. The molecule has 2 heterocycles. The normalized spacial score (nSPS) is 21.6. The van der Waals surface area contributed by atoms with Gasteiger partial charge in [-0.2, -0.15) is 0 Å². The van der Waals surface area contributed by atoms with Crippen LogP contribution in [0.2, 0.25) is 0 Å². The van der Waals surface area contributed by atoms with Gasteiger partial charge in [0.1, 0.15) is 5.01 Å². The van der Waals surface area contributed by atoms with E-state index in [0.717, 1.165) is 25.2 Å². The van der Waals surface area contributed by atoms with Crippen molar-refractivity contribution in [3.05, 3.63) is 15.6 Å². The van der Waals surface area contributed by atoms with Gasteiger partial charge in [0.2, 0.25) is 0 Å². The maximum absolute atomic E-state index is 5.82. The SMILES string of the molecule is Cc1nc(CN2CCCCC2C(N)=S)sc1C. The number of aryl methyl sites for hydroxylation is 2. The van der Waals surface area contributed by atoms with Gasteiger partial charge in [0.05, 0.1) is 23.3 Å². The summed E-state index contributed by atoms with van der Waals surface area (Å²) in [6.07, 6.45) is 3.57. The summed E-state index contributed by atoms with van der Waals surface area (Å²) in [6, 6.07) is 0.267. The zero-order valence-corrected chi connectivity index (χ0v) is 12.0. The minimum absolute atomic E-state index is 0.267. The maximum Gasteiger partial charge on any atom is 0.107 e. The van der Waals surface area contributed by atoms with E-state index in [1.54, 1.807) is 11.3 Å². The first-order chi connectivity index (χ1) is 8.08. The van der Waals surface area contributed by atoms with Crippen molar-refractivity contribution < 1.29 is 0 Å². The molecular weight excluding hydrogens is 250 g/mol. The molecule has 0 radical (unpaired) electrons. The monoisotopic (exact) mass is 269 g/mol. The van der Waals surface area contributed by atoms with Crippen LogP contribution in [0.5, 0.6) is 0 Å². The number of aromatic nitrogens is 1. The number of likely N-dealkylation sites (tertiary alicyclic amines) is 1. The van der Waals surface area contributed by atoms with Crippen molar-refractivity contribution >= 4 is 28.5 Å². The third kappa shape index (κ3) is 3.03. The van der Waals surface area contributed by atoms with Gasteiger partial charge in [-0.05, 0) is 33.2 Å². The van der Waals surface area contributed by atoms with E-state index in [1.165, 1.54) is 22.7 Å². The Morgan fingerprint density at radius 3 is 2.88 bits per heavy atom. The van der Waals surface area contributed by atoms with Crippen LogP contribution >= 0.6 is 23.6 Å². The number of rotatable bonds is 3. The molecule has 3 nitrogen and oxygen atoms in total. The molecule has 1 aromatic rings. The molecule has 0 bridgehead atoms. The van der Waals surface area contributed by atoms with Crippen LogP contribution in [0, 0.1) is 13.8 Å². The summed E-state index contributed by atoms with van der Waals surface area (Å²) in [5, 5.41) is 1.18. The average molecular weight is 269 g/mol. The summed E-state index contributed by atoms with van der Waals surface area (Å²) in [4.78, 5) is 8.91. The van der Waals surface area contributed by atoms with Gasteiger partial charge in [-0.25, -0.2) is 4.98 Å². The molecule has 1 saturated heterocycles. The Morgan fingerprint density at radius 2 is 2.29 bits per heavy atom. The molecule has 0 spiro atoms. The zero-order valence-electron chi connectivity index (χ0n) is 10.4. The van der Waals surface area contributed by atoms with Crippen LogP contribution in [-0.2, 0) is 6.54 Å². The smallest absolute Gasteiger partial charge is 0.107 e. The standard InChI is InChI=1S/C12H19N3S2/c1-8-9(2)17-11(14-8)7-15-6-4-3-5-10(15)12(13)16/h10H,3-7H2,1-2H3,(H2,13,16). The van der Waals surface area contributed by atoms with Crippen molar-refractivity contribution in [1.29, 1.82) is 0 Å². The molecule has 0 saturated carbocycles. The molecule has 1 aromatic heterocycles. The zero-order chi connectivity index (χ0) is 12.4. The van der Waals surface area contributed by atoms with Gasteiger partial charge >= 0.3 is 0 Å². The van der Waals surface area contributed by atoms with E-state index >= 15 is 0 Å². The number of hydrogen-bond acceptors (Lipinski definition) is 4. The van der Waals surface area contributed by atoms with Crippen LogP contribution < -0.4 is 5.73 Å². The molecule has 2 rings (SSSR count). The Hall–Kier alpha value is -0.520. The third-order valence-electron chi connectivity index (χ3n) is 3.35. The lowest BCUT2D eigenvalue weighted by molar-refractivity contribution is 0.184. The number of thiazole rings is 1. The lowest BCUT2D eigenvalue weighted by Gasteiger charge is -2.34. The number of piperidine rings is 1. The Labute approximate surface area is 112 Å². The Morgan fingerprint density at radius 1 is 1.53 bits per heavy atom. The highest BCUT2D eigenvalue weighted by molar-refractivity contribution is 7.80. The molecule has 1 atom stereocenters. The van der Waals surface area contributed by atoms with Gasteiger partial charge in [-0.15, -0.1) is 11.3 Å². The van der Waals surface area contributed by atoms with E-state index < -0.39 is 0 Å². The largest absolute Gasteiger partial charge is 0.392 e. The van der Waals surface area contributed by atoms with E-state index in [1.807, 2.05) is 0 Å². The van der Waals surface area contributed by atoms with Crippen molar-refractivity contribution in [1.82, 2.24) is 9.88 Å². The first-order valence-corrected chi connectivity index (χ1v) is 7.26. The summed E-state index contributed by atoms with van der Waals surface area (Å²) in [5.41, 5.74) is 6.97. The molecule has 17 heavy (non-hydrogen) atoms. The van der Waals surface area contributed by atoms with Gasteiger partial charge in [-0.3, -0.25) is 4.90 Å². The molecule has 0 aliphatic carbocycles. The van der Waals surface area contributed by atoms with E-state index in [4.69, 9.17) is 18.0 Å². The van der Waals surface area contributed by atoms with Gasteiger partial charge in [0.15, 0.2) is 0 Å². The van der Waals surface area contributed by atoms with Crippen LogP contribution in [0.15, 0.2) is 0 Å². The van der Waals surface area contributed by atoms with Crippen LogP contribution in [-0.4, -0.2) is 27.5 Å². The van der Waals surface area contributed by atoms with E-state index in [9.17, 15) is 0 Å². The molecule has 5 heteroatoms. The van der Waals surface area contributed by atoms with Gasteiger partial charge < -0.3 is 5.73 Å². The van der Waals surface area contributed by atoms with Crippen molar-refractivity contribution in [3.8, 4) is 0 Å². The molecule has 1 aliphatic heterocycles. The molecular formula is C12H19N3S2. The van der Waals surface area contributed by atoms with Crippen molar-refractivity contribution in [2.24, 2.45) is 5.73 Å². The highest BCUT2D eigenvalue weighted by Crippen LogP contribution is 2.23. The predicted molar refractivity (Wildman–Crippen MR) is 76.4 cm³/mol. The Balaban J connectivity index is 2.07. The van der Waals surface area contributed by atoms with Gasteiger partial charge in [-0.1, -0.05) is 18.6 Å². The van der Waals surface area contributed by atoms with Crippen molar-refractivity contribution in [2.45, 2.75) is 45.7 Å². The first-order valence-electron chi connectivity index (χ1n) is 6.04. The minimum Gasteiger partial charge on any atom is -0.392 e. The second-order valence-corrected chi connectivity index (χ2v) is 6.39. The molecule has 94 valence electrons. The van der Waals surface area contributed by atoms with E-state index in [0.29, 0.717) is 4.99 Å². The molecule has 1 aliphatic rings. The fourth-order valence-corrected chi connectivity index (χ4v) is 3.51. The fourth-order valence-electron chi connectivity index (χ4n) is 2.28. The van der Waals surface area contributed by atoms with Crippen LogP contribution in [0.3, 0.4) is 0 Å². The molecule has 1 unspecified atom stereocenters. The summed E-state index contributed by atoms with van der Waals surface area (Å²) in [6.45, 7) is 6.16. The van der Waals surface area contributed by atoms with Gasteiger partial charge in [0.25, 0.3) is 0 Å². The fraction of sp³-hybridized carbons (Fsp3) is 0.667. The van der Waals surface area contributed by atoms with Gasteiger partial charge in [0, 0.05) is 4.88 Å². The minimum atomic E-state index is 0.267. The second kappa shape index (κ2) is 5.42. The molecule has 2 N–H and O–H groups in total. The lowest BCUT2D eigenvalue weighted by Crippen LogP contribution is -2.46. The van der Waals surface area contributed by atoms with Crippen molar-refractivity contribution in [2.75, 3.05) is 6.54 Å². The van der Waals surface area contributed by atoms with E-state index in [-0.39, 0.29) is 6.04 Å². The summed E-state index contributed by atoms with van der Waals surface area (Å²) in [7, 11) is 0. The van der Waals surface area contributed by atoms with Crippen molar-refractivity contribution in [3.63, 3.8) is 0 Å². The third-order valence-corrected chi connectivity index (χ3v) is 4.68. The number of hydrogen-bond donors (Lipinski definition) is 1. The van der Waals surface area contributed by atoms with E-state index in [2.05, 4.69) is 23.7 Å². The maximum atomic E-state index is 5.82. The number of nitrogens with two attached hydrogens (primary N) is 1. The molecule has 0 amide bonds. The Kier molecular flexibility index (Phi) is 4.12. The summed E-state index contributed by atoms with van der Waals surface area (Å²) in [5.74, 6) is 0. The predicted octanol–water partition coefficient (Wildman–Crippen LogP) is 2.40. The number of thiocarbonyl (C=S) groups is 1. The summed E-state index contributed by atoms with van der Waals surface area (Å²) >= 11 is 6.94. The second-order valence-electron chi connectivity index (χ2n) is 4.63.